The van der Waals surface area contributed by atoms with Gasteiger partial charge in [-0.3, -0.25) is 0 Å². The minimum atomic E-state index is 0.635. The van der Waals surface area contributed by atoms with E-state index in [4.69, 9.17) is 11.6 Å². The topological polar surface area (TPSA) is 28.7 Å². The monoisotopic (exact) mass is 306 g/mol. The molecular weight excluding hydrogens is 292 g/mol. The molecule has 22 heavy (non-hydrogen) atoms. The van der Waals surface area contributed by atoms with E-state index in [1.165, 1.54) is 5.52 Å². The number of hydrogen-bond acceptors (Lipinski definition) is 1. The lowest BCUT2D eigenvalue weighted by Crippen LogP contribution is -1.89. The number of hydrogen-bond donors (Lipinski definition) is 0. The van der Waals surface area contributed by atoms with Gasteiger partial charge in [-0.15, -0.1) is 0 Å². The minimum Gasteiger partial charge on any atom is -0.347 e. The van der Waals surface area contributed by atoms with E-state index >= 15 is 0 Å². The highest BCUT2D eigenvalue weighted by molar-refractivity contribution is 6.30. The molecule has 0 N–H and O–H groups in total. The summed E-state index contributed by atoms with van der Waals surface area (Å²) in [6, 6.07) is 17.9. The van der Waals surface area contributed by atoms with Gasteiger partial charge in [0, 0.05) is 34.2 Å². The van der Waals surface area contributed by atoms with Crippen molar-refractivity contribution in [1.82, 2.24) is 4.57 Å². The summed E-state index contributed by atoms with van der Waals surface area (Å²) in [5.41, 5.74) is 3.75. The molecule has 0 aliphatic rings. The van der Waals surface area contributed by atoms with Crippen molar-refractivity contribution < 1.29 is 0 Å². The lowest BCUT2D eigenvalue weighted by molar-refractivity contribution is 0.797. The van der Waals surface area contributed by atoms with Crippen molar-refractivity contribution >= 4 is 34.2 Å². The van der Waals surface area contributed by atoms with E-state index in [9.17, 15) is 5.26 Å². The SMILES string of the molecule is CCn1cc(/C=C(/C#N)c2ccc(Cl)cc2)c2ccccc21. The number of aryl methyl sites for hydroxylation is 1. The van der Waals surface area contributed by atoms with E-state index in [-0.39, 0.29) is 0 Å². The maximum atomic E-state index is 9.49. The van der Waals surface area contributed by atoms with Crippen LogP contribution in [0.5, 0.6) is 0 Å². The van der Waals surface area contributed by atoms with Gasteiger partial charge in [-0.2, -0.15) is 5.26 Å². The third kappa shape index (κ3) is 2.64. The summed E-state index contributed by atoms with van der Waals surface area (Å²) in [6.07, 6.45) is 4.04. The largest absolute Gasteiger partial charge is 0.347 e. The maximum Gasteiger partial charge on any atom is 0.0998 e. The average molecular weight is 307 g/mol. The molecule has 0 bridgehead atoms. The van der Waals surface area contributed by atoms with Gasteiger partial charge in [0.25, 0.3) is 0 Å². The van der Waals surface area contributed by atoms with Crippen LogP contribution in [-0.4, -0.2) is 4.57 Å². The molecule has 2 nitrogen and oxygen atoms in total. The molecule has 0 amide bonds. The van der Waals surface area contributed by atoms with Crippen molar-refractivity contribution in [2.24, 2.45) is 0 Å². The van der Waals surface area contributed by atoms with Crippen LogP contribution in [0.3, 0.4) is 0 Å². The van der Waals surface area contributed by atoms with Gasteiger partial charge in [0.15, 0.2) is 0 Å². The van der Waals surface area contributed by atoms with Crippen LogP contribution < -0.4 is 0 Å². The van der Waals surface area contributed by atoms with Gasteiger partial charge < -0.3 is 4.57 Å². The van der Waals surface area contributed by atoms with Gasteiger partial charge in [-0.25, -0.2) is 0 Å². The molecule has 1 aromatic heterocycles. The number of halogens is 1. The minimum absolute atomic E-state index is 0.635. The van der Waals surface area contributed by atoms with Crippen LogP contribution in [0.1, 0.15) is 18.1 Å². The number of nitrogens with zero attached hydrogens (tertiary/aromatic N) is 2. The van der Waals surface area contributed by atoms with E-state index in [0.29, 0.717) is 10.6 Å². The van der Waals surface area contributed by atoms with Gasteiger partial charge in [0.1, 0.15) is 0 Å². The van der Waals surface area contributed by atoms with E-state index in [2.05, 4.69) is 35.9 Å². The van der Waals surface area contributed by atoms with Crippen LogP contribution in [0.2, 0.25) is 5.02 Å². The van der Waals surface area contributed by atoms with E-state index < -0.39 is 0 Å². The highest BCUT2D eigenvalue weighted by Crippen LogP contribution is 2.26. The van der Waals surface area contributed by atoms with Crippen LogP contribution in [-0.2, 0) is 6.54 Å². The molecule has 0 spiro atoms. The fourth-order valence-electron chi connectivity index (χ4n) is 2.62. The molecule has 0 unspecified atom stereocenters. The first-order chi connectivity index (χ1) is 10.7. The first kappa shape index (κ1) is 14.4. The van der Waals surface area contributed by atoms with Crippen molar-refractivity contribution in [2.45, 2.75) is 13.5 Å². The molecule has 0 aliphatic heterocycles. The summed E-state index contributed by atoms with van der Waals surface area (Å²) in [5, 5.41) is 11.3. The third-order valence-corrected chi connectivity index (χ3v) is 3.99. The fourth-order valence-corrected chi connectivity index (χ4v) is 2.74. The summed E-state index contributed by atoms with van der Waals surface area (Å²) >= 11 is 5.91. The number of fused-ring (bicyclic) bond motifs is 1. The van der Waals surface area contributed by atoms with Crippen molar-refractivity contribution in [3.63, 3.8) is 0 Å². The second kappa shape index (κ2) is 6.09. The number of aromatic nitrogens is 1. The van der Waals surface area contributed by atoms with Crippen molar-refractivity contribution in [3.8, 4) is 6.07 Å². The molecule has 3 aromatic rings. The lowest BCUT2D eigenvalue weighted by Gasteiger charge is -1.99. The Morgan fingerprint density at radius 3 is 2.59 bits per heavy atom. The molecular formula is C19H15ClN2. The Morgan fingerprint density at radius 1 is 1.18 bits per heavy atom. The smallest absolute Gasteiger partial charge is 0.0998 e. The maximum absolute atomic E-state index is 9.49. The molecule has 1 heterocycles. The third-order valence-electron chi connectivity index (χ3n) is 3.74. The molecule has 3 heteroatoms. The summed E-state index contributed by atoms with van der Waals surface area (Å²) in [5.74, 6) is 0. The van der Waals surface area contributed by atoms with Gasteiger partial charge >= 0.3 is 0 Å². The molecule has 0 radical (unpaired) electrons. The number of rotatable bonds is 3. The summed E-state index contributed by atoms with van der Waals surface area (Å²) in [7, 11) is 0. The van der Waals surface area contributed by atoms with E-state index in [0.717, 1.165) is 23.1 Å². The zero-order valence-electron chi connectivity index (χ0n) is 12.3. The van der Waals surface area contributed by atoms with Crippen LogP contribution in [0, 0.1) is 11.3 Å². The zero-order chi connectivity index (χ0) is 15.5. The highest BCUT2D eigenvalue weighted by atomic mass is 35.5. The van der Waals surface area contributed by atoms with Crippen LogP contribution in [0.25, 0.3) is 22.6 Å². The number of benzene rings is 2. The predicted molar refractivity (Wildman–Crippen MR) is 92.5 cm³/mol. The molecule has 0 atom stereocenters. The Hall–Kier alpha value is -2.50. The fraction of sp³-hybridized carbons (Fsp3) is 0.105. The second-order valence-corrected chi connectivity index (χ2v) is 5.50. The van der Waals surface area contributed by atoms with Crippen molar-refractivity contribution in [3.05, 3.63) is 70.9 Å². The van der Waals surface area contributed by atoms with Crippen LogP contribution in [0.15, 0.2) is 54.7 Å². The zero-order valence-corrected chi connectivity index (χ0v) is 13.0. The number of nitriles is 1. The van der Waals surface area contributed by atoms with E-state index in [1.807, 2.05) is 30.3 Å². The van der Waals surface area contributed by atoms with Crippen molar-refractivity contribution in [1.29, 1.82) is 5.26 Å². The van der Waals surface area contributed by atoms with Gasteiger partial charge in [-0.1, -0.05) is 41.9 Å². The van der Waals surface area contributed by atoms with Gasteiger partial charge in [0.2, 0.25) is 0 Å². The first-order valence-electron chi connectivity index (χ1n) is 7.18. The lowest BCUT2D eigenvalue weighted by atomic mass is 10.0. The molecule has 0 aliphatic carbocycles. The number of allylic oxidation sites excluding steroid dienone is 1. The van der Waals surface area contributed by atoms with Crippen LogP contribution >= 0.6 is 11.6 Å². The average Bonchev–Trinajstić information content (AvgIpc) is 2.91. The highest BCUT2D eigenvalue weighted by Gasteiger charge is 2.07. The quantitative estimate of drug-likeness (QED) is 0.597. The predicted octanol–water partition coefficient (Wildman–Crippen LogP) is 5.38. The molecule has 2 aromatic carbocycles. The Bertz CT molecular complexity index is 880. The Balaban J connectivity index is 2.14. The summed E-state index contributed by atoms with van der Waals surface area (Å²) in [4.78, 5) is 0. The normalized spacial score (nSPS) is 11.6. The molecule has 0 saturated heterocycles. The summed E-state index contributed by atoms with van der Waals surface area (Å²) in [6.45, 7) is 3.02. The number of para-hydroxylation sites is 1. The van der Waals surface area contributed by atoms with Crippen molar-refractivity contribution in [2.75, 3.05) is 0 Å². The van der Waals surface area contributed by atoms with Gasteiger partial charge in [-0.05, 0) is 36.8 Å². The molecule has 0 saturated carbocycles. The molecule has 3 rings (SSSR count). The van der Waals surface area contributed by atoms with Gasteiger partial charge in [0.05, 0.1) is 11.6 Å². The molecule has 108 valence electrons. The molecule has 0 fully saturated rings. The summed E-state index contributed by atoms with van der Waals surface area (Å²) < 4.78 is 2.19. The Morgan fingerprint density at radius 2 is 1.91 bits per heavy atom. The van der Waals surface area contributed by atoms with E-state index in [1.54, 1.807) is 12.1 Å². The Labute approximate surface area is 134 Å². The second-order valence-electron chi connectivity index (χ2n) is 5.06. The standard InChI is InChI=1S/C19H15ClN2/c1-2-22-13-16(18-5-3-4-6-19(18)22)11-15(12-21)14-7-9-17(20)10-8-14/h3-11,13H,2H2,1H3/b15-11-. The van der Waals surface area contributed by atoms with Crippen LogP contribution in [0.4, 0.5) is 0 Å². The Kier molecular flexibility index (Phi) is 4.00. The first-order valence-corrected chi connectivity index (χ1v) is 7.56.